The number of benzene rings is 1. The number of aromatic nitrogens is 1. The first-order valence-corrected chi connectivity index (χ1v) is 7.68. The summed E-state index contributed by atoms with van der Waals surface area (Å²) in [7, 11) is 1.64. The van der Waals surface area contributed by atoms with E-state index in [0.717, 1.165) is 11.3 Å². The van der Waals surface area contributed by atoms with E-state index in [9.17, 15) is 9.18 Å². The van der Waals surface area contributed by atoms with Crippen molar-refractivity contribution < 1.29 is 18.4 Å². The summed E-state index contributed by atoms with van der Waals surface area (Å²) >= 11 is 0. The number of halogens is 1. The van der Waals surface area contributed by atoms with Crippen LogP contribution in [-0.4, -0.2) is 29.2 Å². The van der Waals surface area contributed by atoms with E-state index < -0.39 is 5.82 Å². The van der Waals surface area contributed by atoms with Gasteiger partial charge in [0.15, 0.2) is 0 Å². The van der Waals surface area contributed by atoms with Crippen molar-refractivity contribution in [3.05, 3.63) is 41.0 Å². The largest absolute Gasteiger partial charge is 0.489 e. The van der Waals surface area contributed by atoms with Gasteiger partial charge in [0.25, 0.3) is 0 Å². The fraction of sp³-hybridized carbons (Fsp3) is 0.412. The van der Waals surface area contributed by atoms with Crippen molar-refractivity contribution in [2.75, 3.05) is 12.4 Å². The van der Waals surface area contributed by atoms with E-state index in [-0.39, 0.29) is 12.1 Å². The number of urea groups is 1. The lowest BCUT2D eigenvalue weighted by molar-refractivity contribution is 0.219. The molecule has 0 radical (unpaired) electrons. The van der Waals surface area contributed by atoms with E-state index in [2.05, 4.69) is 10.5 Å². The predicted molar refractivity (Wildman–Crippen MR) is 88.6 cm³/mol. The molecule has 0 bridgehead atoms. The van der Waals surface area contributed by atoms with Crippen molar-refractivity contribution >= 4 is 11.7 Å². The monoisotopic (exact) mass is 335 g/mol. The van der Waals surface area contributed by atoms with E-state index in [0.29, 0.717) is 23.7 Å². The minimum absolute atomic E-state index is 0.0915. The molecule has 0 unspecified atom stereocenters. The number of hydrogen-bond acceptors (Lipinski definition) is 4. The number of ether oxygens (including phenoxy) is 1. The van der Waals surface area contributed by atoms with Crippen LogP contribution in [0.4, 0.5) is 14.9 Å². The fourth-order valence-electron chi connectivity index (χ4n) is 2.20. The third-order valence-electron chi connectivity index (χ3n) is 3.47. The van der Waals surface area contributed by atoms with E-state index in [1.165, 1.54) is 23.1 Å². The minimum atomic E-state index is -0.449. The van der Waals surface area contributed by atoms with Crippen LogP contribution in [0.1, 0.15) is 30.9 Å². The van der Waals surface area contributed by atoms with Crippen LogP contribution in [0.3, 0.4) is 0 Å². The van der Waals surface area contributed by atoms with Gasteiger partial charge in [-0.15, -0.1) is 0 Å². The van der Waals surface area contributed by atoms with Crippen LogP contribution in [0, 0.1) is 19.7 Å². The highest BCUT2D eigenvalue weighted by atomic mass is 19.1. The van der Waals surface area contributed by atoms with Crippen LogP contribution in [-0.2, 0) is 6.54 Å². The van der Waals surface area contributed by atoms with Crippen LogP contribution in [0.5, 0.6) is 5.75 Å². The Labute approximate surface area is 140 Å². The Hall–Kier alpha value is -2.57. The molecular weight excluding hydrogens is 313 g/mol. The molecule has 1 aromatic heterocycles. The Morgan fingerprint density at radius 3 is 2.71 bits per heavy atom. The van der Waals surface area contributed by atoms with Crippen LogP contribution in [0.15, 0.2) is 22.7 Å². The number of amides is 2. The molecule has 0 spiro atoms. The first-order valence-electron chi connectivity index (χ1n) is 7.68. The number of nitrogens with one attached hydrogen (secondary N) is 1. The molecule has 2 aromatic rings. The van der Waals surface area contributed by atoms with Crippen LogP contribution in [0.25, 0.3) is 0 Å². The third kappa shape index (κ3) is 4.24. The maximum atomic E-state index is 13.5. The molecule has 1 heterocycles. The second kappa shape index (κ2) is 7.33. The van der Waals surface area contributed by atoms with Gasteiger partial charge in [-0.05, 0) is 39.8 Å². The first-order chi connectivity index (χ1) is 11.3. The predicted octanol–water partition coefficient (Wildman–Crippen LogP) is 3.88. The molecule has 0 fully saturated rings. The number of carbonyl (C=O) groups is 1. The average Bonchev–Trinajstić information content (AvgIpc) is 2.81. The number of carbonyl (C=O) groups excluding carboxylic acids is 1. The van der Waals surface area contributed by atoms with Crippen molar-refractivity contribution in [1.29, 1.82) is 0 Å². The second-order valence-electron chi connectivity index (χ2n) is 5.90. The highest BCUT2D eigenvalue weighted by Crippen LogP contribution is 2.27. The molecule has 0 saturated carbocycles. The zero-order chi connectivity index (χ0) is 17.9. The fourth-order valence-corrected chi connectivity index (χ4v) is 2.20. The molecule has 0 aliphatic carbocycles. The van der Waals surface area contributed by atoms with Gasteiger partial charge in [-0.3, -0.25) is 0 Å². The van der Waals surface area contributed by atoms with Crippen LogP contribution < -0.4 is 10.1 Å². The Morgan fingerprint density at radius 1 is 1.42 bits per heavy atom. The Bertz CT molecular complexity index is 708. The molecule has 1 aromatic carbocycles. The summed E-state index contributed by atoms with van der Waals surface area (Å²) < 4.78 is 24.2. The van der Waals surface area contributed by atoms with E-state index >= 15 is 0 Å². The van der Waals surface area contributed by atoms with Gasteiger partial charge >= 0.3 is 6.03 Å². The number of aryl methyl sites for hydroxylation is 2. The van der Waals surface area contributed by atoms with Gasteiger partial charge in [0.05, 0.1) is 24.0 Å². The van der Waals surface area contributed by atoms with Crippen LogP contribution in [0.2, 0.25) is 0 Å². The van der Waals surface area contributed by atoms with Gasteiger partial charge in [-0.1, -0.05) is 5.16 Å². The van der Waals surface area contributed by atoms with Crippen molar-refractivity contribution in [2.24, 2.45) is 0 Å². The van der Waals surface area contributed by atoms with Crippen molar-refractivity contribution in [3.63, 3.8) is 0 Å². The lowest BCUT2D eigenvalue weighted by atomic mass is 10.2. The van der Waals surface area contributed by atoms with Crippen molar-refractivity contribution in [1.82, 2.24) is 10.1 Å². The molecule has 0 aliphatic heterocycles. The zero-order valence-electron chi connectivity index (χ0n) is 14.5. The van der Waals surface area contributed by atoms with Gasteiger partial charge in [0, 0.05) is 18.7 Å². The quantitative estimate of drug-likeness (QED) is 0.900. The zero-order valence-corrected chi connectivity index (χ0v) is 14.5. The van der Waals surface area contributed by atoms with Gasteiger partial charge in [-0.2, -0.15) is 0 Å². The smallest absolute Gasteiger partial charge is 0.321 e. The average molecular weight is 335 g/mol. The Balaban J connectivity index is 2.12. The van der Waals surface area contributed by atoms with Gasteiger partial charge in [-0.25, -0.2) is 9.18 Å². The number of nitrogens with zero attached hydrogens (tertiary/aromatic N) is 2. The van der Waals surface area contributed by atoms with Gasteiger partial charge in [0.2, 0.25) is 0 Å². The molecule has 1 N–H and O–H groups in total. The Kier molecular flexibility index (Phi) is 5.43. The second-order valence-corrected chi connectivity index (χ2v) is 5.90. The maximum absolute atomic E-state index is 13.5. The number of rotatable bonds is 5. The van der Waals surface area contributed by atoms with E-state index in [1.54, 1.807) is 14.0 Å². The summed E-state index contributed by atoms with van der Waals surface area (Å²) in [6.45, 7) is 7.67. The lowest BCUT2D eigenvalue weighted by Gasteiger charge is -2.20. The summed E-state index contributed by atoms with van der Waals surface area (Å²) in [5.74, 6) is 0.641. The molecule has 2 rings (SSSR count). The summed E-state index contributed by atoms with van der Waals surface area (Å²) in [6, 6.07) is 3.65. The number of anilines is 1. The van der Waals surface area contributed by atoms with Gasteiger partial charge in [0.1, 0.15) is 17.3 Å². The van der Waals surface area contributed by atoms with Crippen molar-refractivity contribution in [3.8, 4) is 5.75 Å². The summed E-state index contributed by atoms with van der Waals surface area (Å²) in [4.78, 5) is 13.9. The topological polar surface area (TPSA) is 67.6 Å². The molecular formula is C17H22FN3O3. The highest BCUT2D eigenvalue weighted by Gasteiger charge is 2.17. The third-order valence-corrected chi connectivity index (χ3v) is 3.47. The van der Waals surface area contributed by atoms with E-state index in [1.807, 2.05) is 20.8 Å². The summed E-state index contributed by atoms with van der Waals surface area (Å²) in [5, 5.41) is 6.55. The molecule has 2 amide bonds. The summed E-state index contributed by atoms with van der Waals surface area (Å²) in [5.41, 5.74) is 1.88. The standard InChI is InChI=1S/C17H22FN3O3/c1-10(2)23-16-7-6-13(18)8-15(16)19-17(22)21(5)9-14-11(3)20-24-12(14)4/h6-8,10H,9H2,1-5H3,(H,19,22). The molecule has 24 heavy (non-hydrogen) atoms. The van der Waals surface area contributed by atoms with Crippen LogP contribution >= 0.6 is 0 Å². The highest BCUT2D eigenvalue weighted by molar-refractivity contribution is 5.90. The molecule has 0 saturated heterocycles. The lowest BCUT2D eigenvalue weighted by Crippen LogP contribution is -2.31. The molecule has 6 nitrogen and oxygen atoms in total. The molecule has 7 heteroatoms. The Morgan fingerprint density at radius 2 is 2.12 bits per heavy atom. The first kappa shape index (κ1) is 17.8. The maximum Gasteiger partial charge on any atom is 0.321 e. The molecule has 0 atom stereocenters. The number of hydrogen-bond donors (Lipinski definition) is 1. The molecule has 0 aliphatic rings. The summed E-state index contributed by atoms with van der Waals surface area (Å²) in [6.07, 6.45) is -0.0915. The van der Waals surface area contributed by atoms with E-state index in [4.69, 9.17) is 9.26 Å². The SMILES string of the molecule is Cc1noc(C)c1CN(C)C(=O)Nc1cc(F)ccc1OC(C)C. The van der Waals surface area contributed by atoms with Crippen molar-refractivity contribution in [2.45, 2.75) is 40.3 Å². The normalized spacial score (nSPS) is 10.8. The molecule has 130 valence electrons. The van der Waals surface area contributed by atoms with Gasteiger partial charge < -0.3 is 19.5 Å². The minimum Gasteiger partial charge on any atom is -0.489 e.